The number of hydrogen-bond acceptors (Lipinski definition) is 5. The molecule has 4 rings (SSSR count). The molecule has 9 heteroatoms. The van der Waals surface area contributed by atoms with Crippen LogP contribution in [-0.4, -0.2) is 28.2 Å². The number of allylic oxidation sites excluding steroid dienone is 2. The number of benzene rings is 1. The monoisotopic (exact) mass is 421 g/mol. The number of rotatable bonds is 4. The molecule has 0 saturated carbocycles. The minimum absolute atomic E-state index is 0.0392. The first-order valence-corrected chi connectivity index (χ1v) is 9.82. The Labute approximate surface area is 176 Å². The van der Waals surface area contributed by atoms with Gasteiger partial charge in [-0.15, -0.1) is 0 Å². The van der Waals surface area contributed by atoms with E-state index < -0.39 is 16.8 Å². The Morgan fingerprint density at radius 3 is 2.35 bits per heavy atom. The molecule has 0 radical (unpaired) electrons. The van der Waals surface area contributed by atoms with E-state index in [0.29, 0.717) is 0 Å². The van der Waals surface area contributed by atoms with Gasteiger partial charge < -0.3 is 5.11 Å². The maximum atomic E-state index is 13.4. The van der Waals surface area contributed by atoms with E-state index in [1.165, 1.54) is 27.6 Å². The number of aromatic hydroxyl groups is 1. The molecule has 0 unspecified atom stereocenters. The molecule has 0 fully saturated rings. The first-order chi connectivity index (χ1) is 14.7. The van der Waals surface area contributed by atoms with Crippen LogP contribution in [0.15, 0.2) is 56.4 Å². The van der Waals surface area contributed by atoms with Crippen LogP contribution in [-0.2, 0) is 27.1 Å². The second-order valence-corrected chi connectivity index (χ2v) is 7.79. The van der Waals surface area contributed by atoms with E-state index in [9.17, 15) is 19.5 Å². The van der Waals surface area contributed by atoms with Crippen molar-refractivity contribution in [1.82, 2.24) is 23.1 Å². The van der Waals surface area contributed by atoms with Crippen LogP contribution in [0.3, 0.4) is 0 Å². The SMILES string of the molecule is CC(C)=CCc1c(O)n2c3c(=O)n(C)c(=O)n(C)c3nc2n(Cc2ccccc2)c1=O. The fourth-order valence-electron chi connectivity index (χ4n) is 3.64. The zero-order chi connectivity index (χ0) is 22.4. The quantitative estimate of drug-likeness (QED) is 0.501. The Morgan fingerprint density at radius 2 is 1.71 bits per heavy atom. The minimum Gasteiger partial charge on any atom is -0.494 e. The van der Waals surface area contributed by atoms with E-state index in [2.05, 4.69) is 4.98 Å². The molecule has 0 bridgehead atoms. The number of nitrogens with zero attached hydrogens (tertiary/aromatic N) is 5. The first kappa shape index (κ1) is 20.4. The van der Waals surface area contributed by atoms with Gasteiger partial charge in [0.05, 0.1) is 12.1 Å². The summed E-state index contributed by atoms with van der Waals surface area (Å²) < 4.78 is 4.89. The van der Waals surface area contributed by atoms with Crippen LogP contribution in [0.4, 0.5) is 0 Å². The number of aryl methyl sites for hydroxylation is 1. The maximum Gasteiger partial charge on any atom is 0.332 e. The second-order valence-electron chi connectivity index (χ2n) is 7.79. The van der Waals surface area contributed by atoms with Gasteiger partial charge >= 0.3 is 5.69 Å². The summed E-state index contributed by atoms with van der Waals surface area (Å²) in [6.07, 6.45) is 2.03. The Morgan fingerprint density at radius 1 is 1.03 bits per heavy atom. The number of fused-ring (bicyclic) bond motifs is 3. The van der Waals surface area contributed by atoms with Gasteiger partial charge in [-0.25, -0.2) is 9.20 Å². The van der Waals surface area contributed by atoms with Crippen molar-refractivity contribution >= 4 is 16.9 Å². The van der Waals surface area contributed by atoms with Crippen LogP contribution in [0, 0.1) is 0 Å². The van der Waals surface area contributed by atoms with Gasteiger partial charge in [0, 0.05) is 20.5 Å². The molecule has 0 aliphatic heterocycles. The van der Waals surface area contributed by atoms with Crippen LogP contribution in [0.25, 0.3) is 16.9 Å². The van der Waals surface area contributed by atoms with Crippen molar-refractivity contribution in [3.05, 3.63) is 84.3 Å². The van der Waals surface area contributed by atoms with Crippen LogP contribution < -0.4 is 16.8 Å². The summed E-state index contributed by atoms with van der Waals surface area (Å²) in [6.45, 7) is 4.00. The fourth-order valence-corrected chi connectivity index (χ4v) is 3.64. The molecule has 3 heterocycles. The molecule has 3 aromatic heterocycles. The molecule has 0 saturated heterocycles. The molecular formula is C22H23N5O4. The van der Waals surface area contributed by atoms with E-state index in [0.717, 1.165) is 15.7 Å². The van der Waals surface area contributed by atoms with Crippen LogP contribution >= 0.6 is 0 Å². The molecule has 0 aliphatic rings. The van der Waals surface area contributed by atoms with Gasteiger partial charge in [0.15, 0.2) is 11.2 Å². The van der Waals surface area contributed by atoms with Crippen LogP contribution in [0.5, 0.6) is 5.88 Å². The lowest BCUT2D eigenvalue weighted by molar-refractivity contribution is 0.435. The zero-order valence-corrected chi connectivity index (χ0v) is 17.8. The molecule has 31 heavy (non-hydrogen) atoms. The van der Waals surface area contributed by atoms with Gasteiger partial charge in [0.25, 0.3) is 11.1 Å². The summed E-state index contributed by atoms with van der Waals surface area (Å²) in [5, 5.41) is 11.0. The van der Waals surface area contributed by atoms with Gasteiger partial charge in [0.1, 0.15) is 0 Å². The number of hydrogen-bond donors (Lipinski definition) is 1. The van der Waals surface area contributed by atoms with Gasteiger partial charge in [0.2, 0.25) is 11.7 Å². The zero-order valence-electron chi connectivity index (χ0n) is 17.8. The van der Waals surface area contributed by atoms with E-state index in [-0.39, 0.29) is 41.4 Å². The lowest BCUT2D eigenvalue weighted by Crippen LogP contribution is -2.37. The van der Waals surface area contributed by atoms with Crippen molar-refractivity contribution in [2.75, 3.05) is 0 Å². The number of imidazole rings is 1. The van der Waals surface area contributed by atoms with E-state index in [1.807, 2.05) is 50.3 Å². The van der Waals surface area contributed by atoms with Crippen molar-refractivity contribution in [3.63, 3.8) is 0 Å². The Balaban J connectivity index is 2.19. The molecule has 160 valence electrons. The third-order valence-corrected chi connectivity index (χ3v) is 5.36. The smallest absolute Gasteiger partial charge is 0.332 e. The highest BCUT2D eigenvalue weighted by Crippen LogP contribution is 2.22. The Hall–Kier alpha value is -3.88. The Kier molecular flexibility index (Phi) is 4.88. The molecule has 0 amide bonds. The summed E-state index contributed by atoms with van der Waals surface area (Å²) in [5.41, 5.74) is 0.604. The third-order valence-electron chi connectivity index (χ3n) is 5.36. The summed E-state index contributed by atoms with van der Waals surface area (Å²) >= 11 is 0. The molecule has 1 aromatic carbocycles. The average Bonchev–Trinajstić information content (AvgIpc) is 3.15. The molecule has 9 nitrogen and oxygen atoms in total. The normalized spacial score (nSPS) is 11.4. The molecular weight excluding hydrogens is 398 g/mol. The van der Waals surface area contributed by atoms with E-state index in [4.69, 9.17) is 0 Å². The highest BCUT2D eigenvalue weighted by atomic mass is 16.3. The maximum absolute atomic E-state index is 13.4. The molecule has 0 spiro atoms. The van der Waals surface area contributed by atoms with Crippen molar-refractivity contribution < 1.29 is 5.11 Å². The highest BCUT2D eigenvalue weighted by molar-refractivity contribution is 5.76. The summed E-state index contributed by atoms with van der Waals surface area (Å²) in [7, 11) is 2.86. The van der Waals surface area contributed by atoms with E-state index in [1.54, 1.807) is 0 Å². The highest BCUT2D eigenvalue weighted by Gasteiger charge is 2.23. The minimum atomic E-state index is -0.598. The predicted molar refractivity (Wildman–Crippen MR) is 118 cm³/mol. The summed E-state index contributed by atoms with van der Waals surface area (Å²) in [5.74, 6) is -0.249. The topological polar surface area (TPSA) is 104 Å². The van der Waals surface area contributed by atoms with Gasteiger partial charge in [-0.1, -0.05) is 42.0 Å². The van der Waals surface area contributed by atoms with Crippen molar-refractivity contribution in [3.8, 4) is 5.88 Å². The van der Waals surface area contributed by atoms with Crippen molar-refractivity contribution in [2.45, 2.75) is 26.8 Å². The third kappa shape index (κ3) is 3.18. The standard InChI is InChI=1S/C22H23N5O4/c1-13(2)10-11-15-18(28)26(12-14-8-6-5-7-9-14)21-23-17-16(27(21)19(15)29)20(30)25(4)22(31)24(17)3/h5-10,29H,11-12H2,1-4H3. The molecule has 0 atom stereocenters. The number of aromatic nitrogens is 5. The van der Waals surface area contributed by atoms with Gasteiger partial charge in [-0.2, -0.15) is 4.98 Å². The lowest BCUT2D eigenvalue weighted by atomic mass is 10.1. The Bertz CT molecular complexity index is 1530. The van der Waals surface area contributed by atoms with Gasteiger partial charge in [-0.3, -0.25) is 23.3 Å². The van der Waals surface area contributed by atoms with Gasteiger partial charge in [-0.05, 0) is 19.4 Å². The largest absolute Gasteiger partial charge is 0.494 e. The van der Waals surface area contributed by atoms with Crippen molar-refractivity contribution in [2.24, 2.45) is 14.1 Å². The van der Waals surface area contributed by atoms with E-state index >= 15 is 0 Å². The molecule has 1 N–H and O–H groups in total. The van der Waals surface area contributed by atoms with Crippen molar-refractivity contribution in [1.29, 1.82) is 0 Å². The molecule has 4 aromatic rings. The predicted octanol–water partition coefficient (Wildman–Crippen LogP) is 1.31. The summed E-state index contributed by atoms with van der Waals surface area (Å²) in [6, 6.07) is 9.36. The first-order valence-electron chi connectivity index (χ1n) is 9.82. The molecule has 0 aliphatic carbocycles. The second kappa shape index (κ2) is 7.42. The summed E-state index contributed by atoms with van der Waals surface area (Å²) in [4.78, 5) is 43.1. The van der Waals surface area contributed by atoms with Crippen LogP contribution in [0.1, 0.15) is 25.0 Å². The average molecular weight is 421 g/mol. The lowest BCUT2D eigenvalue weighted by Gasteiger charge is -2.13. The van der Waals surface area contributed by atoms with Crippen LogP contribution in [0.2, 0.25) is 0 Å². The fraction of sp³-hybridized carbons (Fsp3) is 0.273.